The van der Waals surface area contributed by atoms with Gasteiger partial charge in [0.1, 0.15) is 5.03 Å². The van der Waals surface area contributed by atoms with Gasteiger partial charge in [0.2, 0.25) is 0 Å². The van der Waals surface area contributed by atoms with Crippen molar-refractivity contribution in [2.45, 2.75) is 37.8 Å². The van der Waals surface area contributed by atoms with Crippen LogP contribution in [0.15, 0.2) is 23.4 Å². The van der Waals surface area contributed by atoms with Crippen LogP contribution in [-0.4, -0.2) is 10.7 Å². The highest BCUT2D eigenvalue weighted by molar-refractivity contribution is 7.99. The Morgan fingerprint density at radius 3 is 3.00 bits per heavy atom. The highest BCUT2D eigenvalue weighted by atomic mass is 32.2. The van der Waals surface area contributed by atoms with Gasteiger partial charge in [0.05, 0.1) is 0 Å². The third-order valence-electron chi connectivity index (χ3n) is 2.03. The first-order chi connectivity index (χ1) is 6.75. The number of nitrogens with two attached hydrogens (primary N) is 1. The second kappa shape index (κ2) is 6.04. The van der Waals surface area contributed by atoms with Gasteiger partial charge in [-0.15, -0.1) is 11.8 Å². The predicted molar refractivity (Wildman–Crippen MR) is 62.5 cm³/mol. The molecule has 0 spiro atoms. The average Bonchev–Trinajstić information content (AvgIpc) is 2.19. The van der Waals surface area contributed by atoms with Crippen LogP contribution in [0.25, 0.3) is 0 Å². The first kappa shape index (κ1) is 11.5. The number of hydrogen-bond donors (Lipinski definition) is 1. The molecule has 2 N–H and O–H groups in total. The lowest BCUT2D eigenvalue weighted by Crippen LogP contribution is -2.07. The van der Waals surface area contributed by atoms with Gasteiger partial charge < -0.3 is 5.73 Å². The van der Waals surface area contributed by atoms with E-state index in [1.165, 1.54) is 12.8 Å². The summed E-state index contributed by atoms with van der Waals surface area (Å²) in [4.78, 5) is 4.35. The molecule has 0 fully saturated rings. The third kappa shape index (κ3) is 3.31. The number of rotatable bonds is 5. The van der Waals surface area contributed by atoms with E-state index in [-0.39, 0.29) is 6.04 Å². The molecule has 0 unspecified atom stereocenters. The first-order valence-corrected chi connectivity index (χ1v) is 6.07. The molecule has 0 aromatic carbocycles. The summed E-state index contributed by atoms with van der Waals surface area (Å²) in [5, 5.41) is 1.09. The van der Waals surface area contributed by atoms with Crippen LogP contribution in [0.1, 0.15) is 38.3 Å². The lowest BCUT2D eigenvalue weighted by Gasteiger charge is -2.10. The molecule has 0 aliphatic rings. The molecule has 14 heavy (non-hydrogen) atoms. The predicted octanol–water partition coefficient (Wildman–Crippen LogP) is 2.99. The molecule has 1 rings (SSSR count). The van der Waals surface area contributed by atoms with E-state index >= 15 is 0 Å². The number of hydrogen-bond acceptors (Lipinski definition) is 3. The summed E-state index contributed by atoms with van der Waals surface area (Å²) >= 11 is 1.81. The van der Waals surface area contributed by atoms with E-state index in [4.69, 9.17) is 5.73 Å². The highest BCUT2D eigenvalue weighted by Crippen LogP contribution is 2.24. The van der Waals surface area contributed by atoms with Crippen LogP contribution >= 0.6 is 11.8 Å². The summed E-state index contributed by atoms with van der Waals surface area (Å²) in [7, 11) is 0. The van der Waals surface area contributed by atoms with Crippen LogP contribution in [0.4, 0.5) is 0 Å². The molecule has 3 heteroatoms. The molecule has 0 bridgehead atoms. The maximum atomic E-state index is 5.87. The van der Waals surface area contributed by atoms with Crippen molar-refractivity contribution in [2.24, 2.45) is 5.73 Å². The fourth-order valence-corrected chi connectivity index (χ4v) is 2.37. The van der Waals surface area contributed by atoms with Crippen LogP contribution in [-0.2, 0) is 0 Å². The van der Waals surface area contributed by atoms with Crippen molar-refractivity contribution in [3.05, 3.63) is 23.9 Å². The quantitative estimate of drug-likeness (QED) is 0.600. The second-order valence-electron chi connectivity index (χ2n) is 3.39. The Balaban J connectivity index is 2.64. The molecule has 78 valence electrons. The minimum Gasteiger partial charge on any atom is -0.324 e. The molecular formula is C11H18N2S. The molecule has 2 nitrogen and oxygen atoms in total. The highest BCUT2D eigenvalue weighted by Gasteiger charge is 2.06. The van der Waals surface area contributed by atoms with Gasteiger partial charge in [-0.3, -0.25) is 0 Å². The molecule has 0 saturated heterocycles. The van der Waals surface area contributed by atoms with Crippen LogP contribution in [0.3, 0.4) is 0 Å². The number of nitrogens with zero attached hydrogens (tertiary/aromatic N) is 1. The molecular weight excluding hydrogens is 192 g/mol. The summed E-state index contributed by atoms with van der Waals surface area (Å²) in [6.45, 7) is 4.20. The van der Waals surface area contributed by atoms with Crippen molar-refractivity contribution >= 4 is 11.8 Å². The fourth-order valence-electron chi connectivity index (χ4n) is 1.18. The van der Waals surface area contributed by atoms with E-state index in [1.54, 1.807) is 0 Å². The number of thioether (sulfide) groups is 1. The Kier molecular flexibility index (Phi) is 4.98. The Bertz CT molecular complexity index is 274. The smallest absolute Gasteiger partial charge is 0.101 e. The first-order valence-electron chi connectivity index (χ1n) is 5.09. The van der Waals surface area contributed by atoms with Gasteiger partial charge in [0.15, 0.2) is 0 Å². The minimum absolute atomic E-state index is 0.0767. The largest absolute Gasteiger partial charge is 0.324 e. The van der Waals surface area contributed by atoms with E-state index in [0.29, 0.717) is 0 Å². The maximum absolute atomic E-state index is 5.87. The van der Waals surface area contributed by atoms with Crippen LogP contribution < -0.4 is 5.73 Å². The number of unbranched alkanes of at least 4 members (excludes halogenated alkanes) is 1. The van der Waals surface area contributed by atoms with E-state index in [0.717, 1.165) is 16.3 Å². The van der Waals surface area contributed by atoms with Crippen molar-refractivity contribution in [3.63, 3.8) is 0 Å². The molecule has 0 radical (unpaired) electrons. The fraction of sp³-hybridized carbons (Fsp3) is 0.545. The Labute approximate surface area is 90.3 Å². The summed E-state index contributed by atoms with van der Waals surface area (Å²) in [6.07, 6.45) is 4.30. The molecule has 1 atom stereocenters. The zero-order chi connectivity index (χ0) is 10.4. The maximum Gasteiger partial charge on any atom is 0.101 e. The normalized spacial score (nSPS) is 12.8. The minimum atomic E-state index is 0.0767. The standard InChI is InChI=1S/C11H18N2S/c1-3-4-8-14-11-10(9(2)12)6-5-7-13-11/h5-7,9H,3-4,8,12H2,1-2H3/t9-/m1/s1. The van der Waals surface area contributed by atoms with E-state index in [1.807, 2.05) is 30.9 Å². The molecule has 0 saturated carbocycles. The number of aromatic nitrogens is 1. The van der Waals surface area contributed by atoms with Crippen molar-refractivity contribution in [1.29, 1.82) is 0 Å². The molecule has 0 aliphatic heterocycles. The van der Waals surface area contributed by atoms with Gasteiger partial charge >= 0.3 is 0 Å². The summed E-state index contributed by atoms with van der Waals surface area (Å²) in [5.74, 6) is 1.13. The van der Waals surface area contributed by atoms with Gasteiger partial charge in [-0.05, 0) is 25.2 Å². The summed E-state index contributed by atoms with van der Waals surface area (Å²) in [5.41, 5.74) is 7.03. The Morgan fingerprint density at radius 1 is 1.57 bits per heavy atom. The zero-order valence-electron chi connectivity index (χ0n) is 8.86. The average molecular weight is 210 g/mol. The van der Waals surface area contributed by atoms with Crippen LogP contribution in [0.5, 0.6) is 0 Å². The summed E-state index contributed by atoms with van der Waals surface area (Å²) < 4.78 is 0. The van der Waals surface area contributed by atoms with E-state index < -0.39 is 0 Å². The topological polar surface area (TPSA) is 38.9 Å². The van der Waals surface area contributed by atoms with Crippen molar-refractivity contribution in [3.8, 4) is 0 Å². The summed E-state index contributed by atoms with van der Waals surface area (Å²) in [6, 6.07) is 4.09. The van der Waals surface area contributed by atoms with E-state index in [2.05, 4.69) is 18.0 Å². The van der Waals surface area contributed by atoms with E-state index in [9.17, 15) is 0 Å². The van der Waals surface area contributed by atoms with Gasteiger partial charge in [0.25, 0.3) is 0 Å². The van der Waals surface area contributed by atoms with Crippen molar-refractivity contribution in [1.82, 2.24) is 4.98 Å². The molecule has 1 aromatic heterocycles. The SMILES string of the molecule is CCCCSc1ncccc1[C@@H](C)N. The molecule has 0 aliphatic carbocycles. The molecule has 1 heterocycles. The molecule has 1 aromatic rings. The monoisotopic (exact) mass is 210 g/mol. The number of pyridine rings is 1. The van der Waals surface area contributed by atoms with Crippen LogP contribution in [0.2, 0.25) is 0 Å². The zero-order valence-corrected chi connectivity index (χ0v) is 9.68. The lowest BCUT2D eigenvalue weighted by molar-refractivity contribution is 0.778. The third-order valence-corrected chi connectivity index (χ3v) is 3.14. The van der Waals surface area contributed by atoms with Crippen molar-refractivity contribution < 1.29 is 0 Å². The second-order valence-corrected chi connectivity index (χ2v) is 4.47. The molecule has 0 amide bonds. The van der Waals surface area contributed by atoms with Crippen LogP contribution in [0, 0.1) is 0 Å². The Morgan fingerprint density at radius 2 is 2.36 bits per heavy atom. The lowest BCUT2D eigenvalue weighted by atomic mass is 10.2. The van der Waals surface area contributed by atoms with Gasteiger partial charge in [-0.2, -0.15) is 0 Å². The van der Waals surface area contributed by atoms with Gasteiger partial charge in [-0.25, -0.2) is 4.98 Å². The van der Waals surface area contributed by atoms with Gasteiger partial charge in [0, 0.05) is 17.8 Å². The van der Waals surface area contributed by atoms with Crippen molar-refractivity contribution in [2.75, 3.05) is 5.75 Å². The van der Waals surface area contributed by atoms with Gasteiger partial charge in [-0.1, -0.05) is 19.4 Å². The Hall–Kier alpha value is -0.540.